The summed E-state index contributed by atoms with van der Waals surface area (Å²) in [6, 6.07) is 3.96. The topological polar surface area (TPSA) is 60.1 Å². The second kappa shape index (κ2) is 8.72. The largest absolute Gasteiger partial charge is 0.341 e. The Morgan fingerprint density at radius 1 is 1.21 bits per heavy atom. The number of hydrogen-bond donors (Lipinski definition) is 0. The normalized spacial score (nSPS) is 20.8. The van der Waals surface area contributed by atoms with Gasteiger partial charge in [0.15, 0.2) is 5.65 Å². The van der Waals surface area contributed by atoms with Crippen LogP contribution in [0, 0.1) is 11.8 Å². The van der Waals surface area contributed by atoms with Crippen LogP contribution in [0.1, 0.15) is 71.3 Å². The second-order valence-electron chi connectivity index (χ2n) is 9.33. The maximum atomic E-state index is 13.4. The van der Waals surface area contributed by atoms with Crippen molar-refractivity contribution < 1.29 is 4.79 Å². The van der Waals surface area contributed by atoms with Gasteiger partial charge in [0.2, 0.25) is 5.91 Å². The summed E-state index contributed by atoms with van der Waals surface area (Å²) in [4.78, 5) is 32.5. The van der Waals surface area contributed by atoms with Crippen LogP contribution >= 0.6 is 0 Å². The van der Waals surface area contributed by atoms with Crippen LogP contribution < -0.4 is 5.69 Å². The van der Waals surface area contributed by atoms with Gasteiger partial charge in [0, 0.05) is 32.3 Å². The van der Waals surface area contributed by atoms with Crippen molar-refractivity contribution in [3.8, 4) is 0 Å². The molecular formula is C23H34N4O2. The first kappa shape index (κ1) is 20.2. The van der Waals surface area contributed by atoms with Crippen molar-refractivity contribution in [1.82, 2.24) is 19.0 Å². The molecule has 4 rings (SSSR count). The minimum absolute atomic E-state index is 0.0236. The molecule has 6 heteroatoms. The van der Waals surface area contributed by atoms with Crippen molar-refractivity contribution in [2.24, 2.45) is 11.8 Å². The SMILES string of the molecule is CC(C)CCC(=O)N1CC[C@@H](n2c(=O)n(CC3CCCCC3)c3cccnc32)C1. The second-order valence-corrected chi connectivity index (χ2v) is 9.33. The van der Waals surface area contributed by atoms with E-state index >= 15 is 0 Å². The Labute approximate surface area is 172 Å². The van der Waals surface area contributed by atoms with Gasteiger partial charge in [-0.15, -0.1) is 0 Å². The lowest BCUT2D eigenvalue weighted by molar-refractivity contribution is -0.130. The van der Waals surface area contributed by atoms with E-state index in [9.17, 15) is 9.59 Å². The lowest BCUT2D eigenvalue weighted by Crippen LogP contribution is -2.33. The third kappa shape index (κ3) is 4.26. The fraction of sp³-hybridized carbons (Fsp3) is 0.696. The van der Waals surface area contributed by atoms with Crippen LogP contribution in [0.5, 0.6) is 0 Å². The van der Waals surface area contributed by atoms with Crippen LogP contribution in [-0.2, 0) is 11.3 Å². The molecule has 2 aromatic heterocycles. The summed E-state index contributed by atoms with van der Waals surface area (Å²) in [5.74, 6) is 1.33. The maximum absolute atomic E-state index is 13.4. The Kier molecular flexibility index (Phi) is 6.07. The molecule has 0 bridgehead atoms. The van der Waals surface area contributed by atoms with Crippen LogP contribution in [0.2, 0.25) is 0 Å². The summed E-state index contributed by atoms with van der Waals surface area (Å²) in [6.07, 6.45) is 10.4. The van der Waals surface area contributed by atoms with Crippen LogP contribution in [-0.4, -0.2) is 38.0 Å². The molecule has 1 saturated carbocycles. The smallest absolute Gasteiger partial charge is 0.330 e. The number of rotatable bonds is 6. The highest BCUT2D eigenvalue weighted by molar-refractivity contribution is 5.76. The van der Waals surface area contributed by atoms with Gasteiger partial charge in [0.25, 0.3) is 0 Å². The summed E-state index contributed by atoms with van der Waals surface area (Å²) in [6.45, 7) is 6.43. The third-order valence-corrected chi connectivity index (χ3v) is 6.70. The number of likely N-dealkylation sites (tertiary alicyclic amines) is 1. The van der Waals surface area contributed by atoms with E-state index in [0.717, 1.165) is 37.1 Å². The molecule has 6 nitrogen and oxygen atoms in total. The molecule has 29 heavy (non-hydrogen) atoms. The molecular weight excluding hydrogens is 364 g/mol. The Morgan fingerprint density at radius 2 is 2.00 bits per heavy atom. The predicted molar refractivity (Wildman–Crippen MR) is 115 cm³/mol. The number of hydrogen-bond acceptors (Lipinski definition) is 3. The number of aromatic nitrogens is 3. The standard InChI is InChI=1S/C23H34N4O2/c1-17(2)10-11-21(28)25-14-12-19(16-25)27-22-20(9-6-13-24-22)26(23(27)29)15-18-7-4-3-5-8-18/h6,9,13,17-19H,3-5,7-8,10-12,14-16H2,1-2H3/t19-/m1/s1. The number of imidazole rings is 1. The Morgan fingerprint density at radius 3 is 2.76 bits per heavy atom. The summed E-state index contributed by atoms with van der Waals surface area (Å²) in [5.41, 5.74) is 1.76. The van der Waals surface area contributed by atoms with Crippen LogP contribution in [0.15, 0.2) is 23.1 Å². The van der Waals surface area contributed by atoms with Crippen molar-refractivity contribution in [3.05, 3.63) is 28.8 Å². The van der Waals surface area contributed by atoms with Gasteiger partial charge in [0.1, 0.15) is 0 Å². The van der Waals surface area contributed by atoms with Crippen molar-refractivity contribution in [2.75, 3.05) is 13.1 Å². The number of nitrogens with zero attached hydrogens (tertiary/aromatic N) is 4. The molecule has 0 aromatic carbocycles. The molecule has 0 N–H and O–H groups in total. The summed E-state index contributed by atoms with van der Waals surface area (Å²) >= 11 is 0. The van der Waals surface area contributed by atoms with Crippen molar-refractivity contribution in [1.29, 1.82) is 0 Å². The van der Waals surface area contributed by atoms with Gasteiger partial charge in [-0.3, -0.25) is 13.9 Å². The molecule has 3 heterocycles. The van der Waals surface area contributed by atoms with E-state index in [1.807, 2.05) is 26.2 Å². The quantitative estimate of drug-likeness (QED) is 0.739. The number of pyridine rings is 1. The average Bonchev–Trinajstić information content (AvgIpc) is 3.30. The average molecular weight is 399 g/mol. The highest BCUT2D eigenvalue weighted by Gasteiger charge is 2.31. The molecule has 0 spiro atoms. The summed E-state index contributed by atoms with van der Waals surface area (Å²) < 4.78 is 3.81. The van der Waals surface area contributed by atoms with Gasteiger partial charge in [-0.25, -0.2) is 9.78 Å². The van der Waals surface area contributed by atoms with Crippen molar-refractivity contribution in [3.63, 3.8) is 0 Å². The van der Waals surface area contributed by atoms with Gasteiger partial charge >= 0.3 is 5.69 Å². The van der Waals surface area contributed by atoms with Gasteiger partial charge in [0.05, 0.1) is 11.6 Å². The fourth-order valence-electron chi connectivity index (χ4n) is 4.99. The lowest BCUT2D eigenvalue weighted by atomic mass is 9.89. The summed E-state index contributed by atoms with van der Waals surface area (Å²) in [7, 11) is 0. The zero-order valence-electron chi connectivity index (χ0n) is 17.8. The Balaban J connectivity index is 1.57. The Hall–Kier alpha value is -2.11. The minimum Gasteiger partial charge on any atom is -0.341 e. The molecule has 0 unspecified atom stereocenters. The molecule has 2 aliphatic rings. The van der Waals surface area contributed by atoms with Crippen LogP contribution in [0.3, 0.4) is 0 Å². The third-order valence-electron chi connectivity index (χ3n) is 6.70. The fourth-order valence-corrected chi connectivity index (χ4v) is 4.99. The van der Waals surface area contributed by atoms with Gasteiger partial charge in [-0.1, -0.05) is 33.1 Å². The zero-order valence-corrected chi connectivity index (χ0v) is 17.8. The monoisotopic (exact) mass is 398 g/mol. The molecule has 2 fully saturated rings. The van der Waals surface area contributed by atoms with Gasteiger partial charge < -0.3 is 4.90 Å². The molecule has 1 atom stereocenters. The maximum Gasteiger partial charge on any atom is 0.330 e. The van der Waals surface area contributed by atoms with Crippen molar-refractivity contribution >= 4 is 17.1 Å². The molecule has 1 aliphatic carbocycles. The van der Waals surface area contributed by atoms with Crippen LogP contribution in [0.4, 0.5) is 0 Å². The van der Waals surface area contributed by atoms with E-state index in [2.05, 4.69) is 18.8 Å². The Bertz CT molecular complexity index is 907. The first-order valence-electron chi connectivity index (χ1n) is 11.4. The molecule has 1 aliphatic heterocycles. The first-order valence-corrected chi connectivity index (χ1v) is 11.4. The zero-order chi connectivity index (χ0) is 20.4. The molecule has 2 aromatic rings. The van der Waals surface area contributed by atoms with E-state index < -0.39 is 0 Å². The minimum atomic E-state index is 0.0236. The van der Waals surface area contributed by atoms with E-state index in [4.69, 9.17) is 0 Å². The van der Waals surface area contributed by atoms with Gasteiger partial charge in [-0.2, -0.15) is 0 Å². The number of amides is 1. The number of fused-ring (bicyclic) bond motifs is 1. The predicted octanol–water partition coefficient (Wildman–Crippen LogP) is 3.99. The first-order chi connectivity index (χ1) is 14.0. The van der Waals surface area contributed by atoms with E-state index in [0.29, 0.717) is 24.8 Å². The molecule has 1 saturated heterocycles. The summed E-state index contributed by atoms with van der Waals surface area (Å²) in [5, 5.41) is 0. The highest BCUT2D eigenvalue weighted by atomic mass is 16.2. The highest BCUT2D eigenvalue weighted by Crippen LogP contribution is 2.28. The van der Waals surface area contributed by atoms with E-state index in [1.165, 1.54) is 32.1 Å². The number of carbonyl (C=O) groups excluding carboxylic acids is 1. The van der Waals surface area contributed by atoms with Crippen molar-refractivity contribution in [2.45, 2.75) is 77.8 Å². The molecule has 158 valence electrons. The van der Waals surface area contributed by atoms with E-state index in [1.54, 1.807) is 6.20 Å². The molecule has 0 radical (unpaired) electrons. The van der Waals surface area contributed by atoms with Gasteiger partial charge in [-0.05, 0) is 49.7 Å². The van der Waals surface area contributed by atoms with E-state index in [-0.39, 0.29) is 17.6 Å². The van der Waals surface area contributed by atoms with Crippen LogP contribution in [0.25, 0.3) is 11.2 Å². The molecule has 1 amide bonds. The lowest BCUT2D eigenvalue weighted by Gasteiger charge is -2.21. The number of carbonyl (C=O) groups is 1.